The smallest absolute Gasteiger partial charge is 0.309 e. The molecule has 4 nitrogen and oxygen atoms in total. The van der Waals surface area contributed by atoms with Gasteiger partial charge < -0.3 is 15.2 Å². The Hall–Kier alpha value is -2.20. The molecule has 0 heterocycles. The summed E-state index contributed by atoms with van der Waals surface area (Å²) in [5.41, 5.74) is 7.10. The molecule has 0 atom stereocenters. The van der Waals surface area contributed by atoms with E-state index in [1.807, 2.05) is 12.1 Å². The molecule has 2 rings (SSSR count). The molecule has 5 heteroatoms. The molecule has 0 aromatic heterocycles. The van der Waals surface area contributed by atoms with Gasteiger partial charge in [0.1, 0.15) is 12.4 Å². The third-order valence-electron chi connectivity index (χ3n) is 2.74. The maximum Gasteiger partial charge on any atom is 0.309 e. The van der Waals surface area contributed by atoms with Gasteiger partial charge in [0, 0.05) is 10.7 Å². The lowest BCUT2D eigenvalue weighted by molar-refractivity contribution is -0.145. The van der Waals surface area contributed by atoms with E-state index in [1.54, 1.807) is 36.4 Å². The Labute approximate surface area is 128 Å². The number of nitrogens with two attached hydrogens (primary N) is 1. The van der Waals surface area contributed by atoms with Gasteiger partial charge in [-0.25, -0.2) is 0 Å². The molecule has 0 fully saturated rings. The molecule has 2 aromatic carbocycles. The predicted octanol–water partition coefficient (Wildman–Crippen LogP) is 3.43. The summed E-state index contributed by atoms with van der Waals surface area (Å²) in [6, 6.07) is 14.2. The number of ether oxygens (including phenoxy) is 2. The summed E-state index contributed by atoms with van der Waals surface area (Å²) in [5, 5.41) is 0.621. The molecule has 0 aliphatic carbocycles. The van der Waals surface area contributed by atoms with Crippen LogP contribution in [0.15, 0.2) is 48.5 Å². The van der Waals surface area contributed by atoms with Gasteiger partial charge in [0.15, 0.2) is 0 Å². The minimum Gasteiger partial charge on any atom is -0.493 e. The highest BCUT2D eigenvalue weighted by molar-refractivity contribution is 6.30. The molecule has 110 valence electrons. The normalized spacial score (nSPS) is 10.1. The SMILES string of the molecule is Nc1ccc(OCCC(=O)OCc2cccc(Cl)c2)cc1. The van der Waals surface area contributed by atoms with Crippen LogP contribution < -0.4 is 10.5 Å². The second-order valence-electron chi connectivity index (χ2n) is 4.46. The van der Waals surface area contributed by atoms with E-state index in [9.17, 15) is 4.79 Å². The van der Waals surface area contributed by atoms with Gasteiger partial charge in [0.2, 0.25) is 0 Å². The lowest BCUT2D eigenvalue weighted by atomic mass is 10.2. The minimum absolute atomic E-state index is 0.185. The van der Waals surface area contributed by atoms with Crippen LogP contribution in [0.2, 0.25) is 5.02 Å². The van der Waals surface area contributed by atoms with Gasteiger partial charge in [-0.2, -0.15) is 0 Å². The fraction of sp³-hybridized carbons (Fsp3) is 0.188. The molecule has 0 spiro atoms. The van der Waals surface area contributed by atoms with Crippen LogP contribution >= 0.6 is 11.6 Å². The lowest BCUT2D eigenvalue weighted by Gasteiger charge is -2.07. The maximum absolute atomic E-state index is 11.6. The third kappa shape index (κ3) is 5.36. The second kappa shape index (κ2) is 7.55. The van der Waals surface area contributed by atoms with E-state index in [2.05, 4.69) is 0 Å². The van der Waals surface area contributed by atoms with Crippen molar-refractivity contribution in [3.63, 3.8) is 0 Å². The zero-order chi connectivity index (χ0) is 15.1. The summed E-state index contributed by atoms with van der Waals surface area (Å²) in [5.74, 6) is 0.359. The van der Waals surface area contributed by atoms with Crippen molar-refractivity contribution in [3.05, 3.63) is 59.1 Å². The Balaban J connectivity index is 1.69. The number of hydrogen-bond donors (Lipinski definition) is 1. The molecule has 2 aromatic rings. The largest absolute Gasteiger partial charge is 0.493 e. The Morgan fingerprint density at radius 1 is 1.14 bits per heavy atom. The van der Waals surface area contributed by atoms with E-state index in [4.69, 9.17) is 26.8 Å². The molecule has 21 heavy (non-hydrogen) atoms. The first-order valence-electron chi connectivity index (χ1n) is 6.52. The summed E-state index contributed by atoms with van der Waals surface area (Å²) in [7, 11) is 0. The van der Waals surface area contributed by atoms with E-state index in [-0.39, 0.29) is 25.6 Å². The predicted molar refractivity (Wildman–Crippen MR) is 82.2 cm³/mol. The first-order valence-corrected chi connectivity index (χ1v) is 6.90. The molecular formula is C16H16ClNO3. The average Bonchev–Trinajstić information content (AvgIpc) is 2.47. The Bertz CT molecular complexity index is 599. The van der Waals surface area contributed by atoms with Crippen LogP contribution in [-0.2, 0) is 16.1 Å². The van der Waals surface area contributed by atoms with Crippen molar-refractivity contribution in [3.8, 4) is 5.75 Å². The summed E-state index contributed by atoms with van der Waals surface area (Å²) < 4.78 is 10.6. The van der Waals surface area contributed by atoms with Crippen molar-refractivity contribution in [2.24, 2.45) is 0 Å². The summed E-state index contributed by atoms with van der Waals surface area (Å²) >= 11 is 5.85. The van der Waals surface area contributed by atoms with Crippen LogP contribution in [0.1, 0.15) is 12.0 Å². The lowest BCUT2D eigenvalue weighted by Crippen LogP contribution is -2.10. The quantitative estimate of drug-likeness (QED) is 0.656. The van der Waals surface area contributed by atoms with Gasteiger partial charge in [-0.15, -0.1) is 0 Å². The Morgan fingerprint density at radius 2 is 1.90 bits per heavy atom. The molecule has 0 unspecified atom stereocenters. The van der Waals surface area contributed by atoms with Crippen LogP contribution in [0, 0.1) is 0 Å². The monoisotopic (exact) mass is 305 g/mol. The van der Waals surface area contributed by atoms with Crippen molar-refractivity contribution in [2.45, 2.75) is 13.0 Å². The van der Waals surface area contributed by atoms with Crippen molar-refractivity contribution >= 4 is 23.3 Å². The van der Waals surface area contributed by atoms with E-state index >= 15 is 0 Å². The second-order valence-corrected chi connectivity index (χ2v) is 4.89. The molecule has 0 amide bonds. The number of hydrogen-bond acceptors (Lipinski definition) is 4. The summed E-state index contributed by atoms with van der Waals surface area (Å²) in [4.78, 5) is 11.6. The highest BCUT2D eigenvalue weighted by Gasteiger charge is 2.04. The topological polar surface area (TPSA) is 61.5 Å². The fourth-order valence-corrected chi connectivity index (χ4v) is 1.89. The number of rotatable bonds is 6. The fourth-order valence-electron chi connectivity index (χ4n) is 1.68. The van der Waals surface area contributed by atoms with Crippen molar-refractivity contribution < 1.29 is 14.3 Å². The van der Waals surface area contributed by atoms with Crippen molar-refractivity contribution in [2.75, 3.05) is 12.3 Å². The highest BCUT2D eigenvalue weighted by atomic mass is 35.5. The van der Waals surface area contributed by atoms with E-state index in [1.165, 1.54) is 0 Å². The average molecular weight is 306 g/mol. The van der Waals surface area contributed by atoms with Gasteiger partial charge >= 0.3 is 5.97 Å². The van der Waals surface area contributed by atoms with E-state index in [0.29, 0.717) is 16.5 Å². The number of carbonyl (C=O) groups excluding carboxylic acids is 1. The first kappa shape index (κ1) is 15.2. The van der Waals surface area contributed by atoms with E-state index in [0.717, 1.165) is 5.56 Å². The van der Waals surface area contributed by atoms with Crippen molar-refractivity contribution in [1.82, 2.24) is 0 Å². The maximum atomic E-state index is 11.6. The molecule has 0 saturated heterocycles. The molecule has 0 aliphatic heterocycles. The molecule has 2 N–H and O–H groups in total. The zero-order valence-corrected chi connectivity index (χ0v) is 12.2. The Morgan fingerprint density at radius 3 is 2.62 bits per heavy atom. The number of esters is 1. The standard InChI is InChI=1S/C16H16ClNO3/c17-13-3-1-2-12(10-13)11-21-16(19)8-9-20-15-6-4-14(18)5-7-15/h1-7,10H,8-9,11,18H2. The molecule has 0 aliphatic rings. The number of halogens is 1. The number of nitrogen functional groups attached to an aromatic ring is 1. The Kier molecular flexibility index (Phi) is 5.46. The molecule has 0 radical (unpaired) electrons. The van der Waals surface area contributed by atoms with Crippen LogP contribution in [-0.4, -0.2) is 12.6 Å². The molecule has 0 saturated carbocycles. The van der Waals surface area contributed by atoms with Gasteiger partial charge in [-0.1, -0.05) is 23.7 Å². The zero-order valence-electron chi connectivity index (χ0n) is 11.4. The molecular weight excluding hydrogens is 290 g/mol. The van der Waals surface area contributed by atoms with Gasteiger partial charge in [0.25, 0.3) is 0 Å². The van der Waals surface area contributed by atoms with Gasteiger partial charge in [-0.3, -0.25) is 4.79 Å². The highest BCUT2D eigenvalue weighted by Crippen LogP contribution is 2.14. The van der Waals surface area contributed by atoms with E-state index < -0.39 is 0 Å². The van der Waals surface area contributed by atoms with Crippen LogP contribution in [0.4, 0.5) is 5.69 Å². The summed E-state index contributed by atoms with van der Waals surface area (Å²) in [6.45, 7) is 0.472. The minimum atomic E-state index is -0.314. The third-order valence-corrected chi connectivity index (χ3v) is 2.98. The number of anilines is 1. The van der Waals surface area contributed by atoms with Gasteiger partial charge in [0.05, 0.1) is 13.0 Å². The van der Waals surface area contributed by atoms with Crippen LogP contribution in [0.3, 0.4) is 0 Å². The van der Waals surface area contributed by atoms with Crippen LogP contribution in [0.25, 0.3) is 0 Å². The number of carbonyl (C=O) groups is 1. The molecule has 0 bridgehead atoms. The van der Waals surface area contributed by atoms with Crippen molar-refractivity contribution in [1.29, 1.82) is 0 Å². The first-order chi connectivity index (χ1) is 10.1. The van der Waals surface area contributed by atoms with Crippen LogP contribution in [0.5, 0.6) is 5.75 Å². The summed E-state index contributed by atoms with van der Waals surface area (Å²) in [6.07, 6.45) is 0.185. The number of benzene rings is 2. The van der Waals surface area contributed by atoms with Gasteiger partial charge in [-0.05, 0) is 42.0 Å².